The van der Waals surface area contributed by atoms with Gasteiger partial charge in [-0.15, -0.1) is 0 Å². The van der Waals surface area contributed by atoms with E-state index in [1.807, 2.05) is 0 Å². The van der Waals surface area contributed by atoms with Gasteiger partial charge in [0.1, 0.15) is 5.75 Å². The zero-order chi connectivity index (χ0) is 15.2. The van der Waals surface area contributed by atoms with E-state index in [2.05, 4.69) is 21.2 Å². The van der Waals surface area contributed by atoms with E-state index in [-0.39, 0.29) is 18.6 Å². The fourth-order valence-electron chi connectivity index (χ4n) is 2.34. The maximum absolute atomic E-state index is 12.0. The topological polar surface area (TPSA) is 64.6 Å². The molecule has 0 heterocycles. The molecule has 114 valence electrons. The summed E-state index contributed by atoms with van der Waals surface area (Å²) < 4.78 is 10.7. The number of rotatable bonds is 5. The summed E-state index contributed by atoms with van der Waals surface area (Å²) in [5.74, 6) is -0.253. The lowest BCUT2D eigenvalue weighted by Crippen LogP contribution is -2.35. The Morgan fingerprint density at radius 3 is 2.71 bits per heavy atom. The van der Waals surface area contributed by atoms with Crippen LogP contribution in [0.25, 0.3) is 0 Å². The molecule has 6 heteroatoms. The van der Waals surface area contributed by atoms with Crippen molar-refractivity contribution in [2.24, 2.45) is 0 Å². The Morgan fingerprint density at radius 1 is 1.33 bits per heavy atom. The molecule has 0 saturated heterocycles. The number of hydrogen-bond donors (Lipinski definition) is 1. The summed E-state index contributed by atoms with van der Waals surface area (Å²) in [7, 11) is 1.52. The molecular formula is C15H18BrNO4. The lowest BCUT2D eigenvalue weighted by molar-refractivity contribution is -0.124. The first kappa shape index (κ1) is 15.8. The van der Waals surface area contributed by atoms with Crippen molar-refractivity contribution in [2.75, 3.05) is 13.7 Å². The van der Waals surface area contributed by atoms with Gasteiger partial charge in [0.2, 0.25) is 0 Å². The minimum atomic E-state index is -0.553. The summed E-state index contributed by atoms with van der Waals surface area (Å²) in [5.41, 5.74) is 0.336. The van der Waals surface area contributed by atoms with Crippen molar-refractivity contribution < 1.29 is 19.1 Å². The molecule has 1 fully saturated rings. The van der Waals surface area contributed by atoms with Crippen molar-refractivity contribution in [3.8, 4) is 5.75 Å². The maximum atomic E-state index is 12.0. The van der Waals surface area contributed by atoms with E-state index >= 15 is 0 Å². The highest BCUT2D eigenvalue weighted by Gasteiger charge is 2.19. The third-order valence-corrected chi connectivity index (χ3v) is 4.14. The number of nitrogens with one attached hydrogen (secondary N) is 1. The predicted octanol–water partition coefficient (Wildman–Crippen LogP) is 2.67. The second-order valence-electron chi connectivity index (χ2n) is 4.97. The van der Waals surface area contributed by atoms with Crippen LogP contribution in [0.2, 0.25) is 0 Å². The van der Waals surface area contributed by atoms with Gasteiger partial charge in [-0.2, -0.15) is 0 Å². The lowest BCUT2D eigenvalue weighted by atomic mass is 10.2. The summed E-state index contributed by atoms with van der Waals surface area (Å²) in [4.78, 5) is 23.7. The molecule has 1 saturated carbocycles. The predicted molar refractivity (Wildman–Crippen MR) is 81.4 cm³/mol. The van der Waals surface area contributed by atoms with E-state index in [0.29, 0.717) is 15.8 Å². The van der Waals surface area contributed by atoms with Crippen molar-refractivity contribution in [1.82, 2.24) is 5.32 Å². The number of amides is 1. The van der Waals surface area contributed by atoms with Gasteiger partial charge in [0, 0.05) is 10.5 Å². The summed E-state index contributed by atoms with van der Waals surface area (Å²) in [6, 6.07) is 5.22. The molecule has 0 aliphatic heterocycles. The molecule has 0 spiro atoms. The van der Waals surface area contributed by atoms with Crippen LogP contribution in [0.15, 0.2) is 22.7 Å². The van der Waals surface area contributed by atoms with E-state index in [1.54, 1.807) is 18.2 Å². The van der Waals surface area contributed by atoms with Gasteiger partial charge in [-0.05, 0) is 47.0 Å². The van der Waals surface area contributed by atoms with Gasteiger partial charge in [-0.1, -0.05) is 12.8 Å². The van der Waals surface area contributed by atoms with Crippen LogP contribution < -0.4 is 10.1 Å². The SMILES string of the molecule is COc1ccc(Br)c(C(=O)OCC(=O)NC2CCCC2)c1. The first-order valence-electron chi connectivity index (χ1n) is 6.90. The Kier molecular flexibility index (Phi) is 5.61. The summed E-state index contributed by atoms with van der Waals surface area (Å²) in [6.45, 7) is -0.265. The van der Waals surface area contributed by atoms with E-state index in [0.717, 1.165) is 25.7 Å². The second-order valence-corrected chi connectivity index (χ2v) is 5.83. The standard InChI is InChI=1S/C15H18BrNO4/c1-20-11-6-7-13(16)12(8-11)15(19)21-9-14(18)17-10-4-2-3-5-10/h6-8,10H,2-5,9H2,1H3,(H,17,18). The zero-order valence-electron chi connectivity index (χ0n) is 11.9. The maximum Gasteiger partial charge on any atom is 0.339 e. The third-order valence-electron chi connectivity index (χ3n) is 3.45. The van der Waals surface area contributed by atoms with Crippen molar-refractivity contribution in [3.63, 3.8) is 0 Å². The van der Waals surface area contributed by atoms with E-state index < -0.39 is 5.97 Å². The minimum absolute atomic E-state index is 0.222. The summed E-state index contributed by atoms with van der Waals surface area (Å²) >= 11 is 3.28. The Bertz CT molecular complexity index is 526. The number of benzene rings is 1. The molecule has 0 bridgehead atoms. The van der Waals surface area contributed by atoms with Crippen LogP contribution in [0.5, 0.6) is 5.75 Å². The number of carbonyl (C=O) groups is 2. The van der Waals surface area contributed by atoms with Crippen molar-refractivity contribution in [2.45, 2.75) is 31.7 Å². The molecule has 5 nitrogen and oxygen atoms in total. The number of methoxy groups -OCH3 is 1. The number of ether oxygens (including phenoxy) is 2. The van der Waals surface area contributed by atoms with E-state index in [9.17, 15) is 9.59 Å². The van der Waals surface area contributed by atoms with Gasteiger partial charge in [0.25, 0.3) is 5.91 Å². The van der Waals surface area contributed by atoms with E-state index in [1.165, 1.54) is 7.11 Å². The van der Waals surface area contributed by atoms with E-state index in [4.69, 9.17) is 9.47 Å². The quantitative estimate of drug-likeness (QED) is 0.824. The summed E-state index contributed by atoms with van der Waals surface area (Å²) in [6.07, 6.45) is 4.28. The fraction of sp³-hybridized carbons (Fsp3) is 0.467. The lowest BCUT2D eigenvalue weighted by Gasteiger charge is -2.12. The third kappa shape index (κ3) is 4.46. The molecule has 1 aromatic rings. The van der Waals surface area contributed by atoms with Crippen LogP contribution in [0.1, 0.15) is 36.0 Å². The van der Waals surface area contributed by atoms with Gasteiger partial charge >= 0.3 is 5.97 Å². The molecule has 1 amide bonds. The summed E-state index contributed by atoms with van der Waals surface area (Å²) in [5, 5.41) is 2.87. The molecular weight excluding hydrogens is 338 g/mol. The first-order valence-corrected chi connectivity index (χ1v) is 7.69. The van der Waals surface area contributed by atoms with Crippen LogP contribution in [0.4, 0.5) is 0 Å². The minimum Gasteiger partial charge on any atom is -0.497 e. The molecule has 1 aliphatic rings. The van der Waals surface area contributed by atoms with Gasteiger partial charge in [-0.3, -0.25) is 4.79 Å². The first-order chi connectivity index (χ1) is 10.1. The van der Waals surface area contributed by atoms with Gasteiger partial charge in [0.15, 0.2) is 6.61 Å². The molecule has 0 unspecified atom stereocenters. The molecule has 1 aliphatic carbocycles. The molecule has 21 heavy (non-hydrogen) atoms. The Labute approximate surface area is 132 Å². The van der Waals surface area contributed by atoms with Gasteiger partial charge in [0.05, 0.1) is 12.7 Å². The molecule has 2 rings (SSSR count). The smallest absolute Gasteiger partial charge is 0.339 e. The number of carbonyl (C=O) groups excluding carboxylic acids is 2. The van der Waals surface area contributed by atoms with Crippen molar-refractivity contribution in [1.29, 1.82) is 0 Å². The second kappa shape index (κ2) is 7.45. The van der Waals surface area contributed by atoms with Crippen LogP contribution >= 0.6 is 15.9 Å². The Morgan fingerprint density at radius 2 is 2.05 bits per heavy atom. The van der Waals surface area contributed by atoms with Crippen molar-refractivity contribution in [3.05, 3.63) is 28.2 Å². The normalized spacial score (nSPS) is 14.8. The average Bonchev–Trinajstić information content (AvgIpc) is 2.98. The highest BCUT2D eigenvalue weighted by atomic mass is 79.9. The Hall–Kier alpha value is -1.56. The van der Waals surface area contributed by atoms with Gasteiger partial charge in [-0.25, -0.2) is 4.79 Å². The fourth-order valence-corrected chi connectivity index (χ4v) is 2.74. The molecule has 1 N–H and O–H groups in total. The largest absolute Gasteiger partial charge is 0.497 e. The number of hydrogen-bond acceptors (Lipinski definition) is 4. The highest BCUT2D eigenvalue weighted by molar-refractivity contribution is 9.10. The van der Waals surface area contributed by atoms with Crippen LogP contribution in [0.3, 0.4) is 0 Å². The molecule has 0 atom stereocenters. The van der Waals surface area contributed by atoms with Crippen LogP contribution in [0, 0.1) is 0 Å². The average molecular weight is 356 g/mol. The molecule has 1 aromatic carbocycles. The van der Waals surface area contributed by atoms with Crippen LogP contribution in [-0.2, 0) is 9.53 Å². The monoisotopic (exact) mass is 355 g/mol. The number of esters is 1. The molecule has 0 radical (unpaired) electrons. The van der Waals surface area contributed by atoms with Gasteiger partial charge < -0.3 is 14.8 Å². The number of halogens is 1. The molecule has 0 aromatic heterocycles. The Balaban J connectivity index is 1.87. The van der Waals surface area contributed by atoms with Crippen LogP contribution in [-0.4, -0.2) is 31.6 Å². The highest BCUT2D eigenvalue weighted by Crippen LogP contribution is 2.23. The zero-order valence-corrected chi connectivity index (χ0v) is 13.4. The van der Waals surface area contributed by atoms with Crippen molar-refractivity contribution >= 4 is 27.8 Å².